The molecule has 2 aromatic rings. The van der Waals surface area contributed by atoms with E-state index in [0.717, 1.165) is 10.0 Å². The summed E-state index contributed by atoms with van der Waals surface area (Å²) in [5, 5.41) is 3.11. The lowest BCUT2D eigenvalue weighted by Crippen LogP contribution is -2.01. The molecule has 0 bridgehead atoms. The van der Waals surface area contributed by atoms with Crippen LogP contribution in [0.5, 0.6) is 0 Å². The van der Waals surface area contributed by atoms with Gasteiger partial charge in [0.2, 0.25) is 0 Å². The maximum Gasteiger partial charge on any atom is 0.147 e. The zero-order valence-electron chi connectivity index (χ0n) is 11.1. The van der Waals surface area contributed by atoms with Gasteiger partial charge in [0.05, 0.1) is 5.69 Å². The molecule has 0 radical (unpaired) electrons. The second-order valence-electron chi connectivity index (χ2n) is 4.87. The van der Waals surface area contributed by atoms with Crippen LogP contribution in [-0.2, 0) is 6.54 Å². The second kappa shape index (κ2) is 6.20. The van der Waals surface area contributed by atoms with Gasteiger partial charge in [-0.3, -0.25) is 0 Å². The summed E-state index contributed by atoms with van der Waals surface area (Å²) >= 11 is 3.25. The standard InChI is InChI=1S/C16H17BrFN/c1-11(2)13-5-3-12(4-6-13)10-19-16-8-7-14(17)9-15(16)18/h3-9,11,19H,10H2,1-2H3. The minimum atomic E-state index is -0.242. The first-order valence-corrected chi connectivity index (χ1v) is 7.13. The van der Waals surface area contributed by atoms with Crippen LogP contribution in [-0.4, -0.2) is 0 Å². The van der Waals surface area contributed by atoms with Gasteiger partial charge in [-0.1, -0.05) is 54.0 Å². The molecule has 1 N–H and O–H groups in total. The third kappa shape index (κ3) is 3.80. The van der Waals surface area contributed by atoms with Crippen molar-refractivity contribution in [2.24, 2.45) is 0 Å². The summed E-state index contributed by atoms with van der Waals surface area (Å²) in [7, 11) is 0. The molecule has 0 spiro atoms. The topological polar surface area (TPSA) is 12.0 Å². The Hall–Kier alpha value is -1.35. The minimum Gasteiger partial charge on any atom is -0.379 e. The second-order valence-corrected chi connectivity index (χ2v) is 5.79. The molecule has 0 aliphatic heterocycles. The Labute approximate surface area is 122 Å². The van der Waals surface area contributed by atoms with Crippen LogP contribution in [0.3, 0.4) is 0 Å². The highest BCUT2D eigenvalue weighted by Crippen LogP contribution is 2.20. The van der Waals surface area contributed by atoms with E-state index in [-0.39, 0.29) is 5.82 Å². The summed E-state index contributed by atoms with van der Waals surface area (Å²) in [5.74, 6) is 0.291. The first-order valence-electron chi connectivity index (χ1n) is 6.34. The van der Waals surface area contributed by atoms with Gasteiger partial charge >= 0.3 is 0 Å². The van der Waals surface area contributed by atoms with Crippen LogP contribution in [0.25, 0.3) is 0 Å². The summed E-state index contributed by atoms with van der Waals surface area (Å²) in [6.07, 6.45) is 0. The van der Waals surface area contributed by atoms with Crippen molar-refractivity contribution in [2.45, 2.75) is 26.3 Å². The molecule has 0 atom stereocenters. The number of hydrogen-bond donors (Lipinski definition) is 1. The van der Waals surface area contributed by atoms with Crippen molar-refractivity contribution >= 4 is 21.6 Å². The summed E-state index contributed by atoms with van der Waals surface area (Å²) < 4.78 is 14.4. The number of nitrogens with one attached hydrogen (secondary N) is 1. The SMILES string of the molecule is CC(C)c1ccc(CNc2ccc(Br)cc2F)cc1. The van der Waals surface area contributed by atoms with Crippen LogP contribution < -0.4 is 5.32 Å². The van der Waals surface area contributed by atoms with Crippen LogP contribution in [0.15, 0.2) is 46.9 Å². The van der Waals surface area contributed by atoms with E-state index in [9.17, 15) is 4.39 Å². The van der Waals surface area contributed by atoms with Gasteiger partial charge in [-0.25, -0.2) is 4.39 Å². The highest BCUT2D eigenvalue weighted by Gasteiger charge is 2.03. The summed E-state index contributed by atoms with van der Waals surface area (Å²) in [6.45, 7) is 4.96. The zero-order chi connectivity index (χ0) is 13.8. The molecule has 2 rings (SSSR count). The molecular formula is C16H17BrFN. The van der Waals surface area contributed by atoms with E-state index in [1.165, 1.54) is 11.6 Å². The molecule has 0 heterocycles. The Kier molecular flexibility index (Phi) is 4.59. The molecule has 0 saturated carbocycles. The molecule has 2 aromatic carbocycles. The molecule has 100 valence electrons. The Morgan fingerprint density at radius 2 is 1.79 bits per heavy atom. The fourth-order valence-electron chi connectivity index (χ4n) is 1.85. The average Bonchev–Trinajstić information content (AvgIpc) is 2.38. The van der Waals surface area contributed by atoms with Crippen LogP contribution in [0, 0.1) is 5.82 Å². The van der Waals surface area contributed by atoms with Crippen molar-refractivity contribution in [1.29, 1.82) is 0 Å². The van der Waals surface area contributed by atoms with E-state index in [4.69, 9.17) is 0 Å². The Balaban J connectivity index is 2.02. The van der Waals surface area contributed by atoms with Crippen molar-refractivity contribution < 1.29 is 4.39 Å². The van der Waals surface area contributed by atoms with Gasteiger partial charge in [-0.2, -0.15) is 0 Å². The molecule has 0 fully saturated rings. The van der Waals surface area contributed by atoms with Crippen LogP contribution >= 0.6 is 15.9 Å². The third-order valence-corrected chi connectivity index (χ3v) is 3.55. The highest BCUT2D eigenvalue weighted by molar-refractivity contribution is 9.10. The number of hydrogen-bond acceptors (Lipinski definition) is 1. The molecular weight excluding hydrogens is 305 g/mol. The van der Waals surface area contributed by atoms with Crippen molar-refractivity contribution in [3.63, 3.8) is 0 Å². The first-order chi connectivity index (χ1) is 9.06. The molecule has 0 amide bonds. The molecule has 0 aromatic heterocycles. The Morgan fingerprint density at radius 1 is 1.11 bits per heavy atom. The van der Waals surface area contributed by atoms with Gasteiger partial charge in [0.15, 0.2) is 0 Å². The molecule has 0 aliphatic carbocycles. The van der Waals surface area contributed by atoms with Crippen LogP contribution in [0.2, 0.25) is 0 Å². The predicted molar refractivity (Wildman–Crippen MR) is 82.0 cm³/mol. The number of benzene rings is 2. The van der Waals surface area contributed by atoms with Gasteiger partial charge in [-0.05, 0) is 35.2 Å². The normalized spacial score (nSPS) is 10.8. The van der Waals surface area contributed by atoms with Crippen molar-refractivity contribution in [1.82, 2.24) is 0 Å². The summed E-state index contributed by atoms with van der Waals surface area (Å²) in [5.41, 5.74) is 2.99. The molecule has 0 saturated heterocycles. The van der Waals surface area contributed by atoms with E-state index < -0.39 is 0 Å². The van der Waals surface area contributed by atoms with Crippen LogP contribution in [0.4, 0.5) is 10.1 Å². The third-order valence-electron chi connectivity index (χ3n) is 3.06. The number of anilines is 1. The Morgan fingerprint density at radius 3 is 2.37 bits per heavy atom. The van der Waals surface area contributed by atoms with Crippen molar-refractivity contribution in [2.75, 3.05) is 5.32 Å². The lowest BCUT2D eigenvalue weighted by Gasteiger charge is -2.10. The molecule has 1 nitrogen and oxygen atoms in total. The molecule has 19 heavy (non-hydrogen) atoms. The largest absolute Gasteiger partial charge is 0.379 e. The van der Waals surface area contributed by atoms with E-state index in [1.807, 2.05) is 6.07 Å². The zero-order valence-corrected chi connectivity index (χ0v) is 12.7. The predicted octanol–water partition coefficient (Wildman–Crippen LogP) is 5.32. The smallest absolute Gasteiger partial charge is 0.147 e. The fraction of sp³-hybridized carbons (Fsp3) is 0.250. The van der Waals surface area contributed by atoms with Crippen LogP contribution in [0.1, 0.15) is 30.9 Å². The van der Waals surface area contributed by atoms with E-state index in [2.05, 4.69) is 59.4 Å². The van der Waals surface area contributed by atoms with E-state index in [1.54, 1.807) is 6.07 Å². The summed E-state index contributed by atoms with van der Waals surface area (Å²) in [4.78, 5) is 0. The minimum absolute atomic E-state index is 0.242. The van der Waals surface area contributed by atoms with E-state index in [0.29, 0.717) is 18.2 Å². The van der Waals surface area contributed by atoms with E-state index >= 15 is 0 Å². The number of rotatable bonds is 4. The maximum atomic E-state index is 13.6. The van der Waals surface area contributed by atoms with Crippen molar-refractivity contribution in [3.05, 3.63) is 63.9 Å². The quantitative estimate of drug-likeness (QED) is 0.803. The van der Waals surface area contributed by atoms with Gasteiger partial charge in [-0.15, -0.1) is 0 Å². The molecule has 0 unspecified atom stereocenters. The van der Waals surface area contributed by atoms with Gasteiger partial charge in [0, 0.05) is 11.0 Å². The van der Waals surface area contributed by atoms with Crippen molar-refractivity contribution in [3.8, 4) is 0 Å². The summed E-state index contributed by atoms with van der Waals surface area (Å²) in [6, 6.07) is 13.4. The van der Waals surface area contributed by atoms with Gasteiger partial charge in [0.1, 0.15) is 5.82 Å². The average molecular weight is 322 g/mol. The fourth-order valence-corrected chi connectivity index (χ4v) is 2.18. The highest BCUT2D eigenvalue weighted by atomic mass is 79.9. The first kappa shape index (κ1) is 14.1. The lowest BCUT2D eigenvalue weighted by atomic mass is 10.0. The number of halogens is 2. The van der Waals surface area contributed by atoms with Gasteiger partial charge in [0.25, 0.3) is 0 Å². The monoisotopic (exact) mass is 321 g/mol. The maximum absolute atomic E-state index is 13.6. The lowest BCUT2D eigenvalue weighted by molar-refractivity contribution is 0.629. The molecule has 0 aliphatic rings. The molecule has 3 heteroatoms. The van der Waals surface area contributed by atoms with Gasteiger partial charge < -0.3 is 5.32 Å². The Bertz CT molecular complexity index is 549.